The highest BCUT2D eigenvalue weighted by atomic mass is 79.9. The van der Waals surface area contributed by atoms with Crippen LogP contribution < -0.4 is 0 Å². The van der Waals surface area contributed by atoms with Crippen molar-refractivity contribution >= 4 is 15.9 Å². The van der Waals surface area contributed by atoms with Gasteiger partial charge in [0.1, 0.15) is 11.6 Å². The molecule has 0 spiro atoms. The van der Waals surface area contributed by atoms with Crippen LogP contribution in [-0.2, 0) is 5.54 Å². The molecule has 0 amide bonds. The van der Waals surface area contributed by atoms with E-state index in [4.69, 9.17) is 0 Å². The zero-order chi connectivity index (χ0) is 21.0. The first kappa shape index (κ1) is 20.5. The van der Waals surface area contributed by atoms with Gasteiger partial charge in [-0.15, -0.1) is 0 Å². The van der Waals surface area contributed by atoms with Crippen LogP contribution in [0.4, 0.5) is 0 Å². The minimum absolute atomic E-state index is 0.185. The van der Waals surface area contributed by atoms with Gasteiger partial charge in [0.25, 0.3) is 0 Å². The lowest BCUT2D eigenvalue weighted by Gasteiger charge is -2.37. The summed E-state index contributed by atoms with van der Waals surface area (Å²) in [6.07, 6.45) is 2.70. The fraction of sp³-hybridized carbons (Fsp3) is 0.160. The fourth-order valence-electron chi connectivity index (χ4n) is 3.94. The summed E-state index contributed by atoms with van der Waals surface area (Å²) in [5.41, 5.74) is 3.07. The van der Waals surface area contributed by atoms with Gasteiger partial charge < -0.3 is 14.8 Å². The maximum Gasteiger partial charge on any atom is 0.121 e. The van der Waals surface area contributed by atoms with E-state index in [-0.39, 0.29) is 6.61 Å². The van der Waals surface area contributed by atoms with E-state index in [1.165, 1.54) is 0 Å². The normalized spacial score (nSPS) is 13.7. The molecule has 2 N–H and O–H groups in total. The zero-order valence-corrected chi connectivity index (χ0v) is 17.9. The average molecular weight is 463 g/mol. The van der Waals surface area contributed by atoms with E-state index in [0.29, 0.717) is 5.69 Å². The quantitative estimate of drug-likeness (QED) is 0.313. The van der Waals surface area contributed by atoms with Crippen molar-refractivity contribution in [1.82, 2.24) is 9.55 Å². The number of nitrogens with zero attached hydrogens (tertiary/aromatic N) is 2. The van der Waals surface area contributed by atoms with Gasteiger partial charge in [-0.2, -0.15) is 0 Å². The Morgan fingerprint density at radius 2 is 1.23 bits per heavy atom. The van der Waals surface area contributed by atoms with Gasteiger partial charge in [0.05, 0.1) is 23.5 Å². The molecule has 0 fully saturated rings. The van der Waals surface area contributed by atoms with E-state index in [1.54, 1.807) is 6.33 Å². The molecule has 3 aromatic carbocycles. The Kier molecular flexibility index (Phi) is 6.13. The summed E-state index contributed by atoms with van der Waals surface area (Å²) in [6.45, 7) is -0.185. The van der Waals surface area contributed by atoms with Crippen molar-refractivity contribution < 1.29 is 10.2 Å². The molecule has 30 heavy (non-hydrogen) atoms. The molecule has 0 bridgehead atoms. The number of aromatic nitrogens is 2. The largest absolute Gasteiger partial charge is 0.395 e. The second-order valence-corrected chi connectivity index (χ2v) is 8.33. The number of alkyl halides is 1. The Hall–Kier alpha value is -2.73. The van der Waals surface area contributed by atoms with Crippen molar-refractivity contribution in [3.8, 4) is 0 Å². The number of imidazole rings is 1. The second kappa shape index (κ2) is 8.96. The summed E-state index contributed by atoms with van der Waals surface area (Å²) in [5.74, 6) is 0. The van der Waals surface area contributed by atoms with Gasteiger partial charge in [0, 0.05) is 6.20 Å². The van der Waals surface area contributed by atoms with Crippen molar-refractivity contribution in [3.63, 3.8) is 0 Å². The van der Waals surface area contributed by atoms with Crippen molar-refractivity contribution in [2.75, 3.05) is 6.61 Å². The fourth-order valence-corrected chi connectivity index (χ4v) is 4.22. The van der Waals surface area contributed by atoms with Gasteiger partial charge in [-0.25, -0.2) is 4.98 Å². The summed E-state index contributed by atoms with van der Waals surface area (Å²) in [6, 6.07) is 30.8. The van der Waals surface area contributed by atoms with Crippen LogP contribution in [0.25, 0.3) is 0 Å². The van der Waals surface area contributed by atoms with Crippen LogP contribution in [0.15, 0.2) is 104 Å². The highest BCUT2D eigenvalue weighted by Crippen LogP contribution is 2.41. The van der Waals surface area contributed by atoms with Gasteiger partial charge >= 0.3 is 0 Å². The highest BCUT2D eigenvalue weighted by molar-refractivity contribution is 9.09. The summed E-state index contributed by atoms with van der Waals surface area (Å²) < 4.78 is 2.04. The Labute approximate surface area is 184 Å². The Morgan fingerprint density at radius 1 is 0.800 bits per heavy atom. The number of benzene rings is 3. The van der Waals surface area contributed by atoms with Crippen molar-refractivity contribution in [2.24, 2.45) is 0 Å². The zero-order valence-electron chi connectivity index (χ0n) is 16.3. The molecule has 0 aliphatic carbocycles. The third-order valence-corrected chi connectivity index (χ3v) is 6.17. The lowest BCUT2D eigenvalue weighted by molar-refractivity contribution is 0.141. The maximum atomic E-state index is 10.6. The predicted molar refractivity (Wildman–Crippen MR) is 122 cm³/mol. The lowest BCUT2D eigenvalue weighted by Crippen LogP contribution is -2.37. The molecule has 152 valence electrons. The topological polar surface area (TPSA) is 58.3 Å². The average Bonchev–Trinajstić information content (AvgIpc) is 3.31. The molecule has 0 saturated carbocycles. The first-order valence-corrected chi connectivity index (χ1v) is 10.7. The number of hydrogen-bond donors (Lipinski definition) is 2. The van der Waals surface area contributed by atoms with Crippen LogP contribution in [0.5, 0.6) is 0 Å². The summed E-state index contributed by atoms with van der Waals surface area (Å²) in [7, 11) is 0. The number of hydrogen-bond acceptors (Lipinski definition) is 3. The van der Waals surface area contributed by atoms with Gasteiger partial charge in [-0.3, -0.25) is 0 Å². The van der Waals surface area contributed by atoms with E-state index in [1.807, 2.05) is 65.4 Å². The Bertz CT molecular complexity index is 971. The molecule has 4 rings (SSSR count). The summed E-state index contributed by atoms with van der Waals surface area (Å²) in [5, 5.41) is 20.0. The Balaban J connectivity index is 2.00. The highest BCUT2D eigenvalue weighted by Gasteiger charge is 2.38. The molecule has 4 aromatic rings. The lowest BCUT2D eigenvalue weighted by atomic mass is 9.77. The number of aliphatic hydroxyl groups is 2. The molecule has 2 unspecified atom stereocenters. The van der Waals surface area contributed by atoms with Crippen LogP contribution in [0, 0.1) is 0 Å². The predicted octanol–water partition coefficient (Wildman–Crippen LogP) is 4.51. The van der Waals surface area contributed by atoms with E-state index >= 15 is 0 Å². The first-order chi connectivity index (χ1) is 14.7. The minimum Gasteiger partial charge on any atom is -0.395 e. The van der Waals surface area contributed by atoms with Crippen LogP contribution in [0.2, 0.25) is 0 Å². The Morgan fingerprint density at radius 3 is 1.63 bits per heavy atom. The van der Waals surface area contributed by atoms with E-state index in [0.717, 1.165) is 16.7 Å². The molecule has 0 radical (unpaired) electrons. The third kappa shape index (κ3) is 3.60. The maximum absolute atomic E-state index is 10.6. The summed E-state index contributed by atoms with van der Waals surface area (Å²) >= 11 is 3.32. The van der Waals surface area contributed by atoms with Gasteiger partial charge in [-0.05, 0) is 16.7 Å². The van der Waals surface area contributed by atoms with Gasteiger partial charge in [0.15, 0.2) is 0 Å². The molecule has 5 heteroatoms. The van der Waals surface area contributed by atoms with Crippen LogP contribution in [0.1, 0.15) is 28.5 Å². The van der Waals surface area contributed by atoms with Crippen molar-refractivity contribution in [3.05, 3.63) is 126 Å². The van der Waals surface area contributed by atoms with Crippen LogP contribution >= 0.6 is 15.9 Å². The van der Waals surface area contributed by atoms with E-state index < -0.39 is 16.5 Å². The molecule has 1 heterocycles. The second-order valence-electron chi connectivity index (χ2n) is 7.16. The SMILES string of the molecule is OCC(Br)C(O)c1cn(C(c2ccccc2)(c2ccccc2)c2ccccc2)cn1. The van der Waals surface area contributed by atoms with Crippen LogP contribution in [0.3, 0.4) is 0 Å². The van der Waals surface area contributed by atoms with Gasteiger partial charge in [0.2, 0.25) is 0 Å². The van der Waals surface area contributed by atoms with Crippen molar-refractivity contribution in [2.45, 2.75) is 16.5 Å². The molecule has 2 atom stereocenters. The molecule has 0 aliphatic heterocycles. The molecule has 0 aliphatic rings. The molecule has 1 aromatic heterocycles. The van der Waals surface area contributed by atoms with Crippen LogP contribution in [-0.4, -0.2) is 31.2 Å². The standard InChI is InChI=1S/C25H23BrN2O2/c26-22(17-29)24(30)23-16-28(18-27-23)25(19-10-4-1-5-11-19,20-12-6-2-7-13-20)21-14-8-3-9-15-21/h1-16,18,22,24,29-30H,17H2. The smallest absolute Gasteiger partial charge is 0.121 e. The first-order valence-electron chi connectivity index (χ1n) is 9.82. The molecule has 0 saturated heterocycles. The van der Waals surface area contributed by atoms with E-state index in [9.17, 15) is 10.2 Å². The molecule has 4 nitrogen and oxygen atoms in total. The molecular weight excluding hydrogens is 440 g/mol. The van der Waals surface area contributed by atoms with E-state index in [2.05, 4.69) is 57.3 Å². The minimum atomic E-state index is -0.920. The van der Waals surface area contributed by atoms with Crippen molar-refractivity contribution in [1.29, 1.82) is 0 Å². The monoisotopic (exact) mass is 462 g/mol. The number of halogens is 1. The molecular formula is C25H23BrN2O2. The van der Waals surface area contributed by atoms with Gasteiger partial charge in [-0.1, -0.05) is 107 Å². The number of aliphatic hydroxyl groups excluding tert-OH is 2. The number of rotatable bonds is 7. The third-order valence-electron chi connectivity index (χ3n) is 5.38. The summed E-state index contributed by atoms with van der Waals surface area (Å²) in [4.78, 5) is 4.01.